The molecule has 1 N–H and O–H groups in total. The third-order valence-corrected chi connectivity index (χ3v) is 4.10. The van der Waals surface area contributed by atoms with Crippen molar-refractivity contribution in [2.45, 2.75) is 18.9 Å². The van der Waals surface area contributed by atoms with Gasteiger partial charge >= 0.3 is 0 Å². The Balaban J connectivity index is 1.57. The predicted molar refractivity (Wildman–Crippen MR) is 83.1 cm³/mol. The molecule has 1 aromatic carbocycles. The monoisotopic (exact) mass is 299 g/mol. The van der Waals surface area contributed by atoms with Gasteiger partial charge in [0.15, 0.2) is 0 Å². The second-order valence-electron chi connectivity index (χ2n) is 5.62. The molecule has 0 saturated carbocycles. The topological polar surface area (TPSA) is 63.1 Å². The number of carbonyl (C=O) groups is 1. The standard InChI is InChI=1S/C16H21N5O/c1-20-12-18-19-15(20)7-8-16(22)21-10-9-17-14(11-21)13-5-3-2-4-6-13/h2-6,12,14,17H,7-11H2,1H3/t14-/m1/s1. The first-order valence-corrected chi connectivity index (χ1v) is 7.63. The van der Waals surface area contributed by atoms with E-state index >= 15 is 0 Å². The first-order chi connectivity index (χ1) is 10.7. The number of rotatable bonds is 4. The molecule has 1 atom stereocenters. The van der Waals surface area contributed by atoms with Crippen LogP contribution in [0.25, 0.3) is 0 Å². The predicted octanol–water partition coefficient (Wildman–Crippen LogP) is 0.921. The number of amides is 1. The van der Waals surface area contributed by atoms with Gasteiger partial charge in [0, 0.05) is 45.6 Å². The Kier molecular flexibility index (Phi) is 4.48. The normalized spacial score (nSPS) is 18.4. The van der Waals surface area contributed by atoms with Crippen LogP contribution in [-0.2, 0) is 18.3 Å². The van der Waals surface area contributed by atoms with Gasteiger partial charge in [-0.15, -0.1) is 10.2 Å². The third-order valence-electron chi connectivity index (χ3n) is 4.10. The molecule has 1 aliphatic rings. The molecular weight excluding hydrogens is 278 g/mol. The summed E-state index contributed by atoms with van der Waals surface area (Å²) in [6.45, 7) is 2.32. The van der Waals surface area contributed by atoms with E-state index in [1.807, 2.05) is 34.7 Å². The molecule has 0 unspecified atom stereocenters. The zero-order valence-corrected chi connectivity index (χ0v) is 12.8. The summed E-state index contributed by atoms with van der Waals surface area (Å²) < 4.78 is 1.86. The van der Waals surface area contributed by atoms with Crippen LogP contribution in [0.3, 0.4) is 0 Å². The smallest absolute Gasteiger partial charge is 0.223 e. The summed E-state index contributed by atoms with van der Waals surface area (Å²) in [5.41, 5.74) is 1.23. The zero-order chi connectivity index (χ0) is 15.4. The van der Waals surface area contributed by atoms with Crippen LogP contribution >= 0.6 is 0 Å². The van der Waals surface area contributed by atoms with Crippen molar-refractivity contribution >= 4 is 5.91 Å². The molecule has 1 aromatic heterocycles. The van der Waals surface area contributed by atoms with E-state index in [0.717, 1.165) is 25.5 Å². The number of piperazine rings is 1. The lowest BCUT2D eigenvalue weighted by Gasteiger charge is -2.34. The van der Waals surface area contributed by atoms with Crippen LogP contribution in [0.4, 0.5) is 0 Å². The molecule has 6 heteroatoms. The maximum atomic E-state index is 12.4. The molecule has 116 valence electrons. The van der Waals surface area contributed by atoms with Gasteiger partial charge in [-0.2, -0.15) is 0 Å². The molecule has 2 aromatic rings. The van der Waals surface area contributed by atoms with E-state index in [-0.39, 0.29) is 11.9 Å². The number of benzene rings is 1. The number of carbonyl (C=O) groups excluding carboxylic acids is 1. The van der Waals surface area contributed by atoms with Crippen molar-refractivity contribution < 1.29 is 4.79 Å². The van der Waals surface area contributed by atoms with Gasteiger partial charge < -0.3 is 14.8 Å². The van der Waals surface area contributed by atoms with E-state index in [2.05, 4.69) is 27.6 Å². The number of aromatic nitrogens is 3. The molecular formula is C16H21N5O. The highest BCUT2D eigenvalue weighted by molar-refractivity contribution is 5.76. The van der Waals surface area contributed by atoms with Gasteiger partial charge in [-0.3, -0.25) is 4.79 Å². The average Bonchev–Trinajstić information content (AvgIpc) is 2.99. The van der Waals surface area contributed by atoms with Crippen molar-refractivity contribution in [2.24, 2.45) is 7.05 Å². The molecule has 3 rings (SSSR count). The minimum atomic E-state index is 0.186. The molecule has 1 aliphatic heterocycles. The molecule has 0 spiro atoms. The molecule has 0 bridgehead atoms. The first-order valence-electron chi connectivity index (χ1n) is 7.63. The van der Waals surface area contributed by atoms with Crippen LogP contribution in [0.5, 0.6) is 0 Å². The Bertz CT molecular complexity index is 624. The summed E-state index contributed by atoms with van der Waals surface area (Å²) in [7, 11) is 1.90. The molecule has 0 radical (unpaired) electrons. The molecule has 2 heterocycles. The van der Waals surface area contributed by atoms with Gasteiger partial charge in [0.2, 0.25) is 5.91 Å². The second-order valence-corrected chi connectivity index (χ2v) is 5.62. The quantitative estimate of drug-likeness (QED) is 0.912. The lowest BCUT2D eigenvalue weighted by molar-refractivity contribution is -0.132. The van der Waals surface area contributed by atoms with Crippen molar-refractivity contribution in [3.05, 3.63) is 48.0 Å². The van der Waals surface area contributed by atoms with Crippen LogP contribution in [0.2, 0.25) is 0 Å². The summed E-state index contributed by atoms with van der Waals surface area (Å²) in [6, 6.07) is 10.5. The molecule has 22 heavy (non-hydrogen) atoms. The second kappa shape index (κ2) is 6.70. The van der Waals surface area contributed by atoms with Crippen LogP contribution in [0, 0.1) is 0 Å². The Morgan fingerprint density at radius 3 is 2.91 bits per heavy atom. The number of hydrogen-bond acceptors (Lipinski definition) is 4. The highest BCUT2D eigenvalue weighted by Gasteiger charge is 2.24. The number of nitrogens with zero attached hydrogens (tertiary/aromatic N) is 4. The van der Waals surface area contributed by atoms with Crippen LogP contribution in [-0.4, -0.2) is 45.2 Å². The van der Waals surface area contributed by atoms with E-state index in [4.69, 9.17) is 0 Å². The zero-order valence-electron chi connectivity index (χ0n) is 12.8. The minimum Gasteiger partial charge on any atom is -0.340 e. The van der Waals surface area contributed by atoms with Gasteiger partial charge in [-0.05, 0) is 5.56 Å². The van der Waals surface area contributed by atoms with Crippen molar-refractivity contribution in [1.82, 2.24) is 25.0 Å². The number of aryl methyl sites for hydroxylation is 2. The van der Waals surface area contributed by atoms with Crippen LogP contribution in [0.15, 0.2) is 36.7 Å². The van der Waals surface area contributed by atoms with Gasteiger partial charge in [-0.25, -0.2) is 0 Å². The first kappa shape index (κ1) is 14.7. The molecule has 0 aliphatic carbocycles. The fourth-order valence-corrected chi connectivity index (χ4v) is 2.80. The molecule has 1 amide bonds. The van der Waals surface area contributed by atoms with Gasteiger partial charge in [-0.1, -0.05) is 30.3 Å². The molecule has 1 fully saturated rings. The van der Waals surface area contributed by atoms with E-state index in [0.29, 0.717) is 12.8 Å². The van der Waals surface area contributed by atoms with Crippen molar-refractivity contribution in [3.63, 3.8) is 0 Å². The van der Waals surface area contributed by atoms with Gasteiger partial charge in [0.05, 0.1) is 0 Å². The maximum Gasteiger partial charge on any atom is 0.223 e. The van der Waals surface area contributed by atoms with E-state index in [1.165, 1.54) is 5.56 Å². The van der Waals surface area contributed by atoms with Crippen molar-refractivity contribution in [2.75, 3.05) is 19.6 Å². The van der Waals surface area contributed by atoms with Gasteiger partial charge in [0.1, 0.15) is 12.2 Å². The average molecular weight is 299 g/mol. The summed E-state index contributed by atoms with van der Waals surface area (Å²) in [4.78, 5) is 14.4. The summed E-state index contributed by atoms with van der Waals surface area (Å²) in [6.07, 6.45) is 2.78. The van der Waals surface area contributed by atoms with Crippen molar-refractivity contribution in [3.8, 4) is 0 Å². The van der Waals surface area contributed by atoms with E-state index in [9.17, 15) is 4.79 Å². The van der Waals surface area contributed by atoms with Crippen LogP contribution in [0.1, 0.15) is 23.9 Å². The Morgan fingerprint density at radius 1 is 1.36 bits per heavy atom. The lowest BCUT2D eigenvalue weighted by atomic mass is 10.0. The SMILES string of the molecule is Cn1cnnc1CCC(=O)N1CCN[C@@H](c2ccccc2)C1. The summed E-state index contributed by atoms with van der Waals surface area (Å²) >= 11 is 0. The Morgan fingerprint density at radius 2 is 2.18 bits per heavy atom. The number of hydrogen-bond donors (Lipinski definition) is 1. The highest BCUT2D eigenvalue weighted by atomic mass is 16.2. The summed E-state index contributed by atoms with van der Waals surface area (Å²) in [5.74, 6) is 1.04. The fraction of sp³-hybridized carbons (Fsp3) is 0.438. The van der Waals surface area contributed by atoms with E-state index in [1.54, 1.807) is 6.33 Å². The molecule has 6 nitrogen and oxygen atoms in total. The maximum absolute atomic E-state index is 12.4. The minimum absolute atomic E-state index is 0.186. The Labute approximate surface area is 130 Å². The van der Waals surface area contributed by atoms with Crippen LogP contribution < -0.4 is 5.32 Å². The molecule has 1 saturated heterocycles. The van der Waals surface area contributed by atoms with Crippen molar-refractivity contribution in [1.29, 1.82) is 0 Å². The summed E-state index contributed by atoms with van der Waals surface area (Å²) in [5, 5.41) is 11.3. The van der Waals surface area contributed by atoms with Gasteiger partial charge in [0.25, 0.3) is 0 Å². The van der Waals surface area contributed by atoms with E-state index < -0.39 is 0 Å². The Hall–Kier alpha value is -2.21. The fourth-order valence-electron chi connectivity index (χ4n) is 2.80. The highest BCUT2D eigenvalue weighted by Crippen LogP contribution is 2.17. The largest absolute Gasteiger partial charge is 0.340 e. The number of nitrogens with one attached hydrogen (secondary N) is 1. The lowest BCUT2D eigenvalue weighted by Crippen LogP contribution is -2.48. The third kappa shape index (κ3) is 3.33.